The lowest BCUT2D eigenvalue weighted by Gasteiger charge is -2.35. The number of ether oxygens (including phenoxy) is 1. The molecule has 0 aromatic heterocycles. The first-order valence-corrected chi connectivity index (χ1v) is 14.9. The van der Waals surface area contributed by atoms with E-state index in [-0.39, 0.29) is 10.6 Å². The van der Waals surface area contributed by atoms with Gasteiger partial charge in [0.15, 0.2) is 0 Å². The predicted octanol–water partition coefficient (Wildman–Crippen LogP) is 9.56. The molecule has 2 atom stereocenters. The fraction of sp³-hybridized carbons (Fsp3) is 0.306. The van der Waals surface area contributed by atoms with Crippen LogP contribution < -0.4 is 10.0 Å². The number of hydrogen-bond acceptors (Lipinski definition) is 2. The van der Waals surface area contributed by atoms with E-state index in [4.69, 9.17) is 9.73 Å². The van der Waals surface area contributed by atoms with Gasteiger partial charge in [-0.15, -0.1) is 0 Å². The van der Waals surface area contributed by atoms with Crippen LogP contribution in [0.2, 0.25) is 0 Å². The van der Waals surface area contributed by atoms with E-state index in [0.29, 0.717) is 15.2 Å². The molecular formula is C36H42NOP. The van der Waals surface area contributed by atoms with E-state index in [2.05, 4.69) is 109 Å². The van der Waals surface area contributed by atoms with Crippen LogP contribution in [-0.2, 0) is 17.2 Å². The lowest BCUT2D eigenvalue weighted by atomic mass is 9.81. The Kier molecular flexibility index (Phi) is 9.08. The Bertz CT molecular complexity index is 1420. The molecule has 0 bridgehead atoms. The van der Waals surface area contributed by atoms with Crippen molar-refractivity contribution >= 4 is 25.8 Å². The average molecular weight is 536 g/mol. The summed E-state index contributed by atoms with van der Waals surface area (Å²) in [7, 11) is 0.563. The summed E-state index contributed by atoms with van der Waals surface area (Å²) in [4.78, 5) is 4.80. The molecule has 39 heavy (non-hydrogen) atoms. The number of para-hydroxylation sites is 1. The van der Waals surface area contributed by atoms with Crippen LogP contribution in [0.4, 0.5) is 5.69 Å². The van der Waals surface area contributed by atoms with E-state index in [0.717, 1.165) is 17.9 Å². The lowest BCUT2D eigenvalue weighted by molar-refractivity contribution is 0.291. The zero-order chi connectivity index (χ0) is 28.0. The van der Waals surface area contributed by atoms with E-state index >= 15 is 0 Å². The molecular weight excluding hydrogens is 493 g/mol. The highest BCUT2D eigenvalue weighted by molar-refractivity contribution is 7.49. The van der Waals surface area contributed by atoms with E-state index < -0.39 is 0 Å². The van der Waals surface area contributed by atoms with Gasteiger partial charge in [0, 0.05) is 28.1 Å². The number of aliphatic imine (C=N–C) groups is 1. The van der Waals surface area contributed by atoms with Gasteiger partial charge in [0.25, 0.3) is 0 Å². The van der Waals surface area contributed by atoms with Crippen LogP contribution >= 0.6 is 8.58 Å². The standard InChI is InChI=1S/C36H42NOP/c1-8-36(7,39-34-27(3)16-15-19-29(34)24-37-30-20-13-10-14-21-30)32-23-26(2)22-31(35(4,5)6)33(32)38-25-28-17-11-9-12-18-28/h9-24,39H,8,25H2,1-7H3/b37-24+. The van der Waals surface area contributed by atoms with Gasteiger partial charge in [0.2, 0.25) is 0 Å². The molecule has 4 aromatic carbocycles. The maximum Gasteiger partial charge on any atom is 0.127 e. The van der Waals surface area contributed by atoms with Gasteiger partial charge in [-0.25, -0.2) is 0 Å². The number of nitrogens with zero attached hydrogens (tertiary/aromatic N) is 1. The summed E-state index contributed by atoms with van der Waals surface area (Å²) in [6.07, 6.45) is 3.04. The summed E-state index contributed by atoms with van der Waals surface area (Å²) in [5.74, 6) is 1.04. The Labute approximate surface area is 237 Å². The monoisotopic (exact) mass is 535 g/mol. The number of benzene rings is 4. The molecule has 0 fully saturated rings. The van der Waals surface area contributed by atoms with Crippen molar-refractivity contribution in [2.45, 2.75) is 72.1 Å². The first kappa shape index (κ1) is 28.8. The summed E-state index contributed by atoms with van der Waals surface area (Å²) in [5.41, 5.74) is 8.46. The number of hydrogen-bond donors (Lipinski definition) is 0. The Morgan fingerprint density at radius 2 is 1.44 bits per heavy atom. The Balaban J connectivity index is 1.80. The van der Waals surface area contributed by atoms with Crippen molar-refractivity contribution in [1.29, 1.82) is 0 Å². The van der Waals surface area contributed by atoms with Crippen LogP contribution in [0.1, 0.15) is 74.4 Å². The molecule has 0 N–H and O–H groups in total. The summed E-state index contributed by atoms with van der Waals surface area (Å²) >= 11 is 0. The first-order valence-electron chi connectivity index (χ1n) is 13.9. The van der Waals surface area contributed by atoms with Crippen molar-refractivity contribution in [3.8, 4) is 5.75 Å². The second-order valence-electron chi connectivity index (χ2n) is 11.7. The molecule has 4 aromatic rings. The van der Waals surface area contributed by atoms with Crippen LogP contribution in [0, 0.1) is 13.8 Å². The van der Waals surface area contributed by atoms with Crippen LogP contribution in [0.5, 0.6) is 5.75 Å². The van der Waals surface area contributed by atoms with Crippen molar-refractivity contribution in [1.82, 2.24) is 0 Å². The highest BCUT2D eigenvalue weighted by Gasteiger charge is 2.33. The van der Waals surface area contributed by atoms with Gasteiger partial charge < -0.3 is 4.74 Å². The van der Waals surface area contributed by atoms with Gasteiger partial charge >= 0.3 is 0 Å². The molecule has 0 aliphatic rings. The van der Waals surface area contributed by atoms with Gasteiger partial charge in [-0.05, 0) is 54.2 Å². The minimum atomic E-state index is -0.0977. The Morgan fingerprint density at radius 1 is 0.795 bits per heavy atom. The first-order chi connectivity index (χ1) is 18.6. The van der Waals surface area contributed by atoms with Crippen molar-refractivity contribution in [2.75, 3.05) is 0 Å². The smallest absolute Gasteiger partial charge is 0.127 e. The molecule has 0 heterocycles. The summed E-state index contributed by atoms with van der Waals surface area (Å²) in [6, 6.07) is 31.9. The fourth-order valence-corrected chi connectivity index (χ4v) is 6.50. The van der Waals surface area contributed by atoms with Gasteiger partial charge in [-0.3, -0.25) is 4.99 Å². The lowest BCUT2D eigenvalue weighted by Crippen LogP contribution is -2.24. The number of rotatable bonds is 9. The molecule has 202 valence electrons. The van der Waals surface area contributed by atoms with Crippen molar-refractivity contribution in [2.24, 2.45) is 4.99 Å². The molecule has 0 saturated carbocycles. The van der Waals surface area contributed by atoms with E-state index in [1.54, 1.807) is 0 Å². The third-order valence-corrected chi connectivity index (χ3v) is 9.49. The fourth-order valence-electron chi connectivity index (χ4n) is 4.87. The quantitative estimate of drug-likeness (QED) is 0.154. The molecule has 0 radical (unpaired) electrons. The molecule has 0 aliphatic heterocycles. The van der Waals surface area contributed by atoms with Gasteiger partial charge in [0.1, 0.15) is 12.4 Å². The second-order valence-corrected chi connectivity index (χ2v) is 13.5. The molecule has 0 amide bonds. The molecule has 4 rings (SSSR count). The average Bonchev–Trinajstić information content (AvgIpc) is 2.93. The molecule has 3 heteroatoms. The van der Waals surface area contributed by atoms with E-state index in [9.17, 15) is 0 Å². The van der Waals surface area contributed by atoms with Gasteiger partial charge in [-0.2, -0.15) is 0 Å². The topological polar surface area (TPSA) is 21.6 Å². The minimum absolute atomic E-state index is 0.0410. The molecule has 0 spiro atoms. The normalized spacial score (nSPS) is 13.7. The zero-order valence-electron chi connectivity index (χ0n) is 24.5. The highest BCUT2D eigenvalue weighted by atomic mass is 31.1. The van der Waals surface area contributed by atoms with Gasteiger partial charge in [-0.1, -0.05) is 128 Å². The SMILES string of the molecule is CCC(C)(Pc1c(C)cccc1/C=N/c1ccccc1)c1cc(C)cc(C(C)(C)C)c1OCc1ccccc1. The Hall–Kier alpha value is -3.22. The van der Waals surface area contributed by atoms with Crippen molar-refractivity contribution in [3.63, 3.8) is 0 Å². The maximum absolute atomic E-state index is 6.77. The second kappa shape index (κ2) is 12.3. The molecule has 0 aliphatic carbocycles. The molecule has 0 saturated heterocycles. The van der Waals surface area contributed by atoms with Crippen LogP contribution in [0.25, 0.3) is 0 Å². The molecule has 2 nitrogen and oxygen atoms in total. The minimum Gasteiger partial charge on any atom is -0.488 e. The summed E-state index contributed by atoms with van der Waals surface area (Å²) < 4.78 is 6.77. The third-order valence-electron chi connectivity index (χ3n) is 7.38. The highest BCUT2D eigenvalue weighted by Crippen LogP contribution is 2.51. The summed E-state index contributed by atoms with van der Waals surface area (Å²) in [5, 5.41) is 1.27. The van der Waals surface area contributed by atoms with Gasteiger partial charge in [0.05, 0.1) is 5.69 Å². The van der Waals surface area contributed by atoms with Crippen molar-refractivity contribution in [3.05, 3.63) is 124 Å². The number of aryl methyl sites for hydroxylation is 2. The molecule has 2 unspecified atom stereocenters. The predicted molar refractivity (Wildman–Crippen MR) is 171 cm³/mol. The maximum atomic E-state index is 6.77. The van der Waals surface area contributed by atoms with Crippen LogP contribution in [0.15, 0.2) is 96.0 Å². The summed E-state index contributed by atoms with van der Waals surface area (Å²) in [6.45, 7) is 16.6. The van der Waals surface area contributed by atoms with E-state index in [1.165, 1.54) is 38.7 Å². The van der Waals surface area contributed by atoms with E-state index in [1.807, 2.05) is 36.5 Å². The largest absolute Gasteiger partial charge is 0.488 e. The zero-order valence-corrected chi connectivity index (χ0v) is 25.5. The van der Waals surface area contributed by atoms with Crippen LogP contribution in [0.3, 0.4) is 0 Å². The van der Waals surface area contributed by atoms with Crippen LogP contribution in [-0.4, -0.2) is 6.21 Å². The third kappa shape index (κ3) is 7.06. The van der Waals surface area contributed by atoms with Crippen molar-refractivity contribution < 1.29 is 4.74 Å². The Morgan fingerprint density at radius 3 is 2.08 bits per heavy atom.